The first-order valence-electron chi connectivity index (χ1n) is 12.0. The van der Waals surface area contributed by atoms with E-state index in [9.17, 15) is 4.79 Å². The van der Waals surface area contributed by atoms with Crippen LogP contribution < -0.4 is 25.0 Å². The third-order valence-electron chi connectivity index (χ3n) is 6.84. The highest BCUT2D eigenvalue weighted by Gasteiger charge is 2.31. The zero-order valence-corrected chi connectivity index (χ0v) is 19.9. The Morgan fingerprint density at radius 2 is 2.14 bits per heavy atom. The summed E-state index contributed by atoms with van der Waals surface area (Å²) in [6.07, 6.45) is 4.82. The molecule has 2 unspecified atom stereocenters. The molecule has 184 valence electrons. The van der Waals surface area contributed by atoms with Gasteiger partial charge in [-0.2, -0.15) is 5.10 Å². The van der Waals surface area contributed by atoms with E-state index in [1.54, 1.807) is 19.6 Å². The van der Waals surface area contributed by atoms with Crippen molar-refractivity contribution in [1.29, 1.82) is 0 Å². The minimum atomic E-state index is -0.186. The van der Waals surface area contributed by atoms with Crippen LogP contribution >= 0.6 is 0 Å². The quantitative estimate of drug-likeness (QED) is 0.384. The Morgan fingerprint density at radius 1 is 1.22 bits per heavy atom. The molecule has 36 heavy (non-hydrogen) atoms. The number of carbonyl (C=O) groups excluding carboxylic acids is 1. The Hall–Kier alpha value is -4.34. The maximum atomic E-state index is 12.6. The predicted molar refractivity (Wildman–Crippen MR) is 135 cm³/mol. The van der Waals surface area contributed by atoms with E-state index >= 15 is 0 Å². The van der Waals surface area contributed by atoms with Crippen molar-refractivity contribution in [3.63, 3.8) is 0 Å². The molecular formula is C26H27N7O3. The van der Waals surface area contributed by atoms with Crippen molar-refractivity contribution in [2.24, 2.45) is 0 Å². The molecule has 6 rings (SSSR count). The monoisotopic (exact) mass is 485 g/mol. The summed E-state index contributed by atoms with van der Waals surface area (Å²) in [6.45, 7) is 1.74. The Balaban J connectivity index is 1.07. The zero-order valence-electron chi connectivity index (χ0n) is 19.9. The Labute approximate surface area is 208 Å². The molecule has 0 saturated heterocycles. The second-order valence-electron chi connectivity index (χ2n) is 9.05. The van der Waals surface area contributed by atoms with Crippen molar-refractivity contribution in [3.05, 3.63) is 66.1 Å². The number of benzene rings is 2. The summed E-state index contributed by atoms with van der Waals surface area (Å²) in [5.74, 6) is 2.58. The lowest BCUT2D eigenvalue weighted by atomic mass is 9.98. The van der Waals surface area contributed by atoms with Crippen molar-refractivity contribution in [2.45, 2.75) is 24.8 Å². The second-order valence-corrected chi connectivity index (χ2v) is 9.05. The maximum Gasteiger partial charge on any atom is 0.315 e. The number of methoxy groups -OCH3 is 1. The lowest BCUT2D eigenvalue weighted by Gasteiger charge is -2.27. The van der Waals surface area contributed by atoms with Crippen LogP contribution in [0.15, 0.2) is 55.0 Å². The van der Waals surface area contributed by atoms with Gasteiger partial charge in [0.15, 0.2) is 17.1 Å². The summed E-state index contributed by atoms with van der Waals surface area (Å²) in [4.78, 5) is 23.7. The van der Waals surface area contributed by atoms with Gasteiger partial charge < -0.3 is 25.0 Å². The molecule has 0 bridgehead atoms. The largest absolute Gasteiger partial charge is 0.493 e. The van der Waals surface area contributed by atoms with Crippen LogP contribution in [0.4, 0.5) is 16.3 Å². The molecule has 0 radical (unpaired) electrons. The van der Waals surface area contributed by atoms with Gasteiger partial charge in [0.05, 0.1) is 24.7 Å². The van der Waals surface area contributed by atoms with Crippen molar-refractivity contribution < 1.29 is 14.3 Å². The van der Waals surface area contributed by atoms with Crippen molar-refractivity contribution >= 4 is 28.6 Å². The summed E-state index contributed by atoms with van der Waals surface area (Å²) in [5.41, 5.74) is 4.12. The number of rotatable bonds is 6. The van der Waals surface area contributed by atoms with Gasteiger partial charge in [-0.15, -0.1) is 0 Å². The van der Waals surface area contributed by atoms with Gasteiger partial charge in [-0.3, -0.25) is 5.10 Å². The van der Waals surface area contributed by atoms with Gasteiger partial charge in [-0.1, -0.05) is 30.3 Å². The number of H-pyrrole nitrogens is 1. The number of urea groups is 1. The van der Waals surface area contributed by atoms with E-state index in [4.69, 9.17) is 9.47 Å². The van der Waals surface area contributed by atoms with Crippen LogP contribution in [0.1, 0.15) is 23.5 Å². The number of para-hydroxylation sites is 2. The van der Waals surface area contributed by atoms with Crippen LogP contribution in [0.2, 0.25) is 0 Å². The first-order valence-corrected chi connectivity index (χ1v) is 12.0. The van der Waals surface area contributed by atoms with Gasteiger partial charge in [0.25, 0.3) is 0 Å². The molecule has 0 spiro atoms. The molecule has 2 aromatic heterocycles. The fraction of sp³-hybridized carbons (Fsp3) is 0.308. The molecule has 2 aromatic carbocycles. The fourth-order valence-corrected chi connectivity index (χ4v) is 5.15. The average molecular weight is 486 g/mol. The van der Waals surface area contributed by atoms with Gasteiger partial charge in [0.1, 0.15) is 18.8 Å². The molecule has 10 nitrogen and oxygen atoms in total. The number of aromatic nitrogens is 4. The van der Waals surface area contributed by atoms with Crippen LogP contribution in [0.25, 0.3) is 11.0 Å². The standard InChI is InChI=1S/C26H27N7O3/c1-35-22-8-4-5-16-11-18(14-36-23(16)22)31-26(34)27-10-9-17-13-33(21-7-3-2-6-19(17)21)25-20-12-30-32-24(20)28-15-29-25/h2-8,12,15,17-18H,9-11,13-14H2,1H3,(H2,27,31,34)(H,28,29,30,32). The molecule has 0 aliphatic carbocycles. The summed E-state index contributed by atoms with van der Waals surface area (Å²) >= 11 is 0. The minimum Gasteiger partial charge on any atom is -0.493 e. The molecule has 3 N–H and O–H groups in total. The smallest absolute Gasteiger partial charge is 0.315 e. The van der Waals surface area contributed by atoms with Crippen LogP contribution in [0.3, 0.4) is 0 Å². The number of nitrogens with one attached hydrogen (secondary N) is 3. The van der Waals surface area contributed by atoms with E-state index < -0.39 is 0 Å². The van der Waals surface area contributed by atoms with Gasteiger partial charge in [0.2, 0.25) is 0 Å². The third-order valence-corrected chi connectivity index (χ3v) is 6.84. The number of hydrogen-bond acceptors (Lipinski definition) is 7. The van der Waals surface area contributed by atoms with Gasteiger partial charge in [0, 0.05) is 30.3 Å². The Kier molecular flexibility index (Phi) is 5.76. The molecule has 2 aliphatic heterocycles. The van der Waals surface area contributed by atoms with Crippen molar-refractivity contribution in [3.8, 4) is 11.5 Å². The zero-order chi connectivity index (χ0) is 24.5. The van der Waals surface area contributed by atoms with E-state index in [-0.39, 0.29) is 18.0 Å². The average Bonchev–Trinajstić information content (AvgIpc) is 3.53. The number of ether oxygens (including phenoxy) is 2. The van der Waals surface area contributed by atoms with Crippen molar-refractivity contribution in [1.82, 2.24) is 30.8 Å². The second kappa shape index (κ2) is 9.37. The maximum absolute atomic E-state index is 12.6. The number of carbonyl (C=O) groups is 1. The Morgan fingerprint density at radius 3 is 3.06 bits per heavy atom. The summed E-state index contributed by atoms with van der Waals surface area (Å²) < 4.78 is 11.2. The van der Waals surface area contributed by atoms with Crippen LogP contribution in [-0.2, 0) is 6.42 Å². The molecule has 4 aromatic rings. The molecule has 4 heterocycles. The topological polar surface area (TPSA) is 117 Å². The number of anilines is 2. The molecule has 0 saturated carbocycles. The first kappa shape index (κ1) is 22.1. The van der Waals surface area contributed by atoms with E-state index in [0.717, 1.165) is 46.9 Å². The number of fused-ring (bicyclic) bond motifs is 3. The van der Waals surface area contributed by atoms with E-state index in [0.29, 0.717) is 25.2 Å². The van der Waals surface area contributed by atoms with Crippen LogP contribution in [0, 0.1) is 0 Å². The number of aromatic amines is 1. The molecular weight excluding hydrogens is 458 g/mol. The number of nitrogens with zero attached hydrogens (tertiary/aromatic N) is 4. The summed E-state index contributed by atoms with van der Waals surface area (Å²) in [7, 11) is 1.63. The predicted octanol–water partition coefficient (Wildman–Crippen LogP) is 3.29. The number of hydrogen-bond donors (Lipinski definition) is 3. The molecule has 2 aliphatic rings. The summed E-state index contributed by atoms with van der Waals surface area (Å²) in [6, 6.07) is 13.9. The normalized spacial score (nSPS) is 18.3. The molecule has 10 heteroatoms. The van der Waals surface area contributed by atoms with E-state index in [1.807, 2.05) is 24.3 Å². The minimum absolute atomic E-state index is 0.0950. The highest BCUT2D eigenvalue weighted by atomic mass is 16.5. The fourth-order valence-electron chi connectivity index (χ4n) is 5.15. The van der Waals surface area contributed by atoms with Gasteiger partial charge in [-0.05, 0) is 30.5 Å². The van der Waals surface area contributed by atoms with Gasteiger partial charge in [-0.25, -0.2) is 14.8 Å². The van der Waals surface area contributed by atoms with Crippen molar-refractivity contribution in [2.75, 3.05) is 31.7 Å². The van der Waals surface area contributed by atoms with Crippen LogP contribution in [0.5, 0.6) is 11.5 Å². The van der Waals surface area contributed by atoms with Crippen LogP contribution in [-0.4, -0.2) is 59.0 Å². The number of amides is 2. The lowest BCUT2D eigenvalue weighted by Crippen LogP contribution is -2.47. The molecule has 0 fully saturated rings. The van der Waals surface area contributed by atoms with E-state index in [1.165, 1.54) is 5.56 Å². The highest BCUT2D eigenvalue weighted by Crippen LogP contribution is 2.42. The molecule has 2 atom stereocenters. The lowest BCUT2D eigenvalue weighted by molar-refractivity contribution is 0.210. The molecule has 2 amide bonds. The van der Waals surface area contributed by atoms with Gasteiger partial charge >= 0.3 is 6.03 Å². The third kappa shape index (κ3) is 4.04. The Bertz CT molecular complexity index is 1410. The highest BCUT2D eigenvalue weighted by molar-refractivity contribution is 5.90. The first-order chi connectivity index (χ1) is 17.7. The summed E-state index contributed by atoms with van der Waals surface area (Å²) in [5, 5.41) is 14.0. The van der Waals surface area contributed by atoms with E-state index in [2.05, 4.69) is 53.9 Å². The SMILES string of the molecule is COc1cccc2c1OCC(NC(=O)NCCC1CN(c3ncnc4[nH]ncc34)c3ccccc31)C2.